The first-order valence-corrected chi connectivity index (χ1v) is 9.53. The molecule has 0 aliphatic carbocycles. The van der Waals surface area contributed by atoms with E-state index in [1.54, 1.807) is 11.6 Å². The summed E-state index contributed by atoms with van der Waals surface area (Å²) in [5, 5.41) is 5.61. The summed E-state index contributed by atoms with van der Waals surface area (Å²) in [4.78, 5) is 11.8. The number of nitrogens with two attached hydrogens (primary N) is 1. The highest BCUT2D eigenvalue weighted by Crippen LogP contribution is 2.31. The molecule has 0 saturated carbocycles. The molecule has 0 radical (unpaired) electrons. The number of anilines is 2. The summed E-state index contributed by atoms with van der Waals surface area (Å²) in [6, 6.07) is 16.3. The van der Waals surface area contributed by atoms with Crippen LogP contribution in [0, 0.1) is 0 Å². The van der Waals surface area contributed by atoms with Crippen LogP contribution in [0.5, 0.6) is 5.75 Å². The lowest BCUT2D eigenvalue weighted by Crippen LogP contribution is -2.34. The highest BCUT2D eigenvalue weighted by atomic mass is 16.5. The van der Waals surface area contributed by atoms with E-state index in [-0.39, 0.29) is 5.92 Å². The molecule has 5 rings (SSSR count). The predicted molar refractivity (Wildman–Crippen MR) is 110 cm³/mol. The predicted octanol–water partition coefficient (Wildman–Crippen LogP) is 3.25. The number of hydrogen-bond donors (Lipinski definition) is 1. The van der Waals surface area contributed by atoms with Gasteiger partial charge >= 0.3 is 0 Å². The Morgan fingerprint density at radius 3 is 2.75 bits per heavy atom. The van der Waals surface area contributed by atoms with Crippen LogP contribution >= 0.6 is 0 Å². The van der Waals surface area contributed by atoms with Crippen LogP contribution in [-0.2, 0) is 0 Å². The van der Waals surface area contributed by atoms with Gasteiger partial charge in [-0.05, 0) is 37.1 Å². The Labute approximate surface area is 162 Å². The van der Waals surface area contributed by atoms with Gasteiger partial charge in [-0.3, -0.25) is 0 Å². The fourth-order valence-electron chi connectivity index (χ4n) is 4.04. The second kappa shape index (κ2) is 6.67. The molecule has 28 heavy (non-hydrogen) atoms. The van der Waals surface area contributed by atoms with E-state index in [4.69, 9.17) is 20.6 Å². The maximum atomic E-state index is 6.19. The van der Waals surface area contributed by atoms with Crippen LogP contribution in [0.4, 0.5) is 11.6 Å². The molecule has 1 fully saturated rings. The van der Waals surface area contributed by atoms with Crippen molar-refractivity contribution in [1.29, 1.82) is 0 Å². The van der Waals surface area contributed by atoms with Gasteiger partial charge in [0.1, 0.15) is 11.3 Å². The number of methoxy groups -OCH3 is 1. The summed E-state index contributed by atoms with van der Waals surface area (Å²) in [6.45, 7) is 1.95. The van der Waals surface area contributed by atoms with E-state index in [0.29, 0.717) is 17.2 Å². The number of ether oxygens (including phenoxy) is 1. The molecule has 1 saturated heterocycles. The van der Waals surface area contributed by atoms with E-state index in [2.05, 4.69) is 34.1 Å². The Balaban J connectivity index is 1.56. The molecule has 0 spiro atoms. The van der Waals surface area contributed by atoms with E-state index in [9.17, 15) is 0 Å². The number of para-hydroxylation sites is 2. The molecule has 0 amide bonds. The Hall–Kier alpha value is -3.35. The maximum absolute atomic E-state index is 6.19. The summed E-state index contributed by atoms with van der Waals surface area (Å²) in [7, 11) is 1.63. The minimum atomic E-state index is 0.258. The van der Waals surface area contributed by atoms with Crippen LogP contribution in [0.25, 0.3) is 16.6 Å². The highest BCUT2D eigenvalue weighted by molar-refractivity contribution is 5.95. The van der Waals surface area contributed by atoms with Crippen molar-refractivity contribution < 1.29 is 4.74 Å². The molecular weight excluding hydrogens is 352 g/mol. The van der Waals surface area contributed by atoms with Gasteiger partial charge in [0.25, 0.3) is 0 Å². The number of rotatable bonds is 3. The minimum Gasteiger partial charge on any atom is -0.494 e. The van der Waals surface area contributed by atoms with E-state index in [1.165, 1.54) is 5.69 Å². The number of hydrogen-bond acceptors (Lipinski definition) is 6. The molecule has 1 atom stereocenters. The Kier molecular flexibility index (Phi) is 4.00. The van der Waals surface area contributed by atoms with Crippen molar-refractivity contribution in [3.05, 3.63) is 54.4 Å². The lowest BCUT2D eigenvalue weighted by Gasteiger charge is -2.33. The molecule has 2 N–H and O–H groups in total. The van der Waals surface area contributed by atoms with Crippen molar-refractivity contribution >= 4 is 28.2 Å². The molecular formula is C21H22N6O. The average molecular weight is 374 g/mol. The summed E-state index contributed by atoms with van der Waals surface area (Å²) < 4.78 is 7.09. The Bertz CT molecular complexity index is 1140. The van der Waals surface area contributed by atoms with Crippen molar-refractivity contribution in [2.75, 3.05) is 30.8 Å². The van der Waals surface area contributed by atoms with Gasteiger partial charge in [-0.2, -0.15) is 4.52 Å². The fraction of sp³-hybridized carbons (Fsp3) is 0.286. The number of benzene rings is 2. The topological polar surface area (TPSA) is 81.6 Å². The van der Waals surface area contributed by atoms with Crippen molar-refractivity contribution in [2.24, 2.45) is 0 Å². The zero-order valence-electron chi connectivity index (χ0n) is 15.7. The molecule has 7 nitrogen and oxygen atoms in total. The molecule has 2 aromatic carbocycles. The van der Waals surface area contributed by atoms with Gasteiger partial charge in [0, 0.05) is 30.1 Å². The summed E-state index contributed by atoms with van der Waals surface area (Å²) in [6.07, 6.45) is 2.17. The number of aromatic nitrogens is 4. The fourth-order valence-corrected chi connectivity index (χ4v) is 4.04. The van der Waals surface area contributed by atoms with Gasteiger partial charge in [0.05, 0.1) is 7.11 Å². The summed E-state index contributed by atoms with van der Waals surface area (Å²) in [5.41, 5.74) is 8.87. The average Bonchev–Trinajstić information content (AvgIpc) is 3.21. The van der Waals surface area contributed by atoms with Gasteiger partial charge < -0.3 is 15.4 Å². The Morgan fingerprint density at radius 2 is 1.93 bits per heavy atom. The largest absolute Gasteiger partial charge is 0.494 e. The first-order valence-electron chi connectivity index (χ1n) is 9.53. The third-order valence-corrected chi connectivity index (χ3v) is 5.43. The first-order chi connectivity index (χ1) is 13.7. The van der Waals surface area contributed by atoms with E-state index in [1.807, 2.05) is 24.3 Å². The van der Waals surface area contributed by atoms with Crippen LogP contribution in [0.3, 0.4) is 0 Å². The number of nitrogens with zero attached hydrogens (tertiary/aromatic N) is 5. The molecule has 1 aliphatic rings. The van der Waals surface area contributed by atoms with Crippen molar-refractivity contribution in [1.82, 2.24) is 19.6 Å². The zero-order chi connectivity index (χ0) is 19.1. The number of fused-ring (bicyclic) bond motifs is 3. The summed E-state index contributed by atoms with van der Waals surface area (Å²) >= 11 is 0. The third-order valence-electron chi connectivity index (χ3n) is 5.43. The Morgan fingerprint density at radius 1 is 1.07 bits per heavy atom. The molecule has 4 aromatic rings. The van der Waals surface area contributed by atoms with Crippen molar-refractivity contribution in [3.63, 3.8) is 0 Å². The first kappa shape index (κ1) is 16.8. The second-order valence-electron chi connectivity index (χ2n) is 7.15. The SMILES string of the molecule is COc1cccc2c1nc(N)n1nc(C3CCCN(c4ccccc4)C3)nc21. The van der Waals surface area contributed by atoms with Crippen LogP contribution in [-0.4, -0.2) is 39.8 Å². The van der Waals surface area contributed by atoms with Gasteiger partial charge in [-0.1, -0.05) is 24.3 Å². The van der Waals surface area contributed by atoms with Crippen molar-refractivity contribution in [3.8, 4) is 5.75 Å². The molecule has 1 aliphatic heterocycles. The molecule has 1 unspecified atom stereocenters. The van der Waals surface area contributed by atoms with Gasteiger partial charge in [-0.25, -0.2) is 9.97 Å². The molecule has 142 valence electrons. The van der Waals surface area contributed by atoms with Crippen LogP contribution < -0.4 is 15.4 Å². The smallest absolute Gasteiger partial charge is 0.223 e. The van der Waals surface area contributed by atoms with Gasteiger partial charge in [-0.15, -0.1) is 5.10 Å². The monoisotopic (exact) mass is 374 g/mol. The number of piperidine rings is 1. The van der Waals surface area contributed by atoms with Crippen LogP contribution in [0.1, 0.15) is 24.6 Å². The van der Waals surface area contributed by atoms with E-state index < -0.39 is 0 Å². The molecule has 7 heteroatoms. The standard InChI is InChI=1S/C21H22N6O/c1-28-17-11-5-10-16-18(17)23-21(22)27-20(16)24-19(25-27)14-7-6-12-26(13-14)15-8-3-2-4-9-15/h2-5,8-11,14H,6-7,12-13H2,1H3,(H2,22,23). The lowest BCUT2D eigenvalue weighted by atomic mass is 9.97. The highest BCUT2D eigenvalue weighted by Gasteiger charge is 2.26. The number of nitrogen functional groups attached to an aromatic ring is 1. The molecule has 3 heterocycles. The van der Waals surface area contributed by atoms with E-state index in [0.717, 1.165) is 42.8 Å². The van der Waals surface area contributed by atoms with Crippen LogP contribution in [0.15, 0.2) is 48.5 Å². The normalized spacial score (nSPS) is 17.3. The van der Waals surface area contributed by atoms with Gasteiger partial charge in [0.15, 0.2) is 11.5 Å². The van der Waals surface area contributed by atoms with Crippen LogP contribution in [0.2, 0.25) is 0 Å². The second-order valence-corrected chi connectivity index (χ2v) is 7.15. The maximum Gasteiger partial charge on any atom is 0.223 e. The molecule has 0 bridgehead atoms. The zero-order valence-corrected chi connectivity index (χ0v) is 15.7. The van der Waals surface area contributed by atoms with Crippen molar-refractivity contribution in [2.45, 2.75) is 18.8 Å². The lowest BCUT2D eigenvalue weighted by molar-refractivity contribution is 0.419. The minimum absolute atomic E-state index is 0.258. The molecule has 2 aromatic heterocycles. The summed E-state index contributed by atoms with van der Waals surface area (Å²) in [5.74, 6) is 2.09. The van der Waals surface area contributed by atoms with Gasteiger partial charge in [0.2, 0.25) is 5.95 Å². The third kappa shape index (κ3) is 2.70. The van der Waals surface area contributed by atoms with E-state index >= 15 is 0 Å². The quantitative estimate of drug-likeness (QED) is 0.593.